The molecule has 0 N–H and O–H groups in total. The van der Waals surface area contributed by atoms with E-state index < -0.39 is 5.82 Å². The van der Waals surface area contributed by atoms with E-state index in [1.165, 1.54) is 39.0 Å². The number of benzene rings is 2. The van der Waals surface area contributed by atoms with Gasteiger partial charge in [-0.05, 0) is 43.4 Å². The zero-order chi connectivity index (χ0) is 22.6. The van der Waals surface area contributed by atoms with Crippen molar-refractivity contribution in [3.05, 3.63) is 59.4 Å². The Morgan fingerprint density at radius 1 is 0.903 bits per heavy atom. The number of unbranched alkanes of at least 4 members (excludes halogenated alkanes) is 1. The summed E-state index contributed by atoms with van der Waals surface area (Å²) in [5.74, 6) is -1.23. The van der Waals surface area contributed by atoms with Crippen LogP contribution in [-0.4, -0.2) is 51.2 Å². The van der Waals surface area contributed by atoms with Crippen LogP contribution in [0, 0.1) is 5.82 Å². The van der Waals surface area contributed by atoms with Gasteiger partial charge in [-0.2, -0.15) is 4.39 Å². The zero-order valence-electron chi connectivity index (χ0n) is 18.4. The topological polar surface area (TPSA) is 65.1 Å². The van der Waals surface area contributed by atoms with Gasteiger partial charge in [-0.1, -0.05) is 30.3 Å². The highest BCUT2D eigenvalue weighted by atomic mass is 19.1. The Morgan fingerprint density at radius 2 is 1.52 bits per heavy atom. The van der Waals surface area contributed by atoms with E-state index in [2.05, 4.69) is 16.9 Å². The van der Waals surface area contributed by atoms with Crippen molar-refractivity contribution < 1.29 is 28.2 Å². The normalized spacial score (nSPS) is 10.5. The number of aryl methyl sites for hydroxylation is 1. The Balaban J connectivity index is 2.11. The second-order valence-electron chi connectivity index (χ2n) is 7.11. The van der Waals surface area contributed by atoms with Gasteiger partial charge in [0.25, 0.3) is 5.91 Å². The highest BCUT2D eigenvalue weighted by Crippen LogP contribution is 2.29. The summed E-state index contributed by atoms with van der Waals surface area (Å²) in [6.45, 7) is 1.01. The predicted octanol–water partition coefficient (Wildman–Crippen LogP) is 4.26. The number of carbonyl (C=O) groups excluding carboxylic acids is 2. The van der Waals surface area contributed by atoms with Gasteiger partial charge in [0.05, 0.1) is 21.3 Å². The molecule has 2 aromatic carbocycles. The summed E-state index contributed by atoms with van der Waals surface area (Å²) in [4.78, 5) is 26.3. The Labute approximate surface area is 182 Å². The van der Waals surface area contributed by atoms with Crippen LogP contribution in [0.3, 0.4) is 0 Å². The Kier molecular flexibility index (Phi) is 9.81. The van der Waals surface area contributed by atoms with Crippen LogP contribution in [0.5, 0.6) is 11.5 Å². The molecule has 31 heavy (non-hydrogen) atoms. The quantitative estimate of drug-likeness (QED) is 0.371. The van der Waals surface area contributed by atoms with Crippen molar-refractivity contribution in [3.8, 4) is 11.5 Å². The molecule has 0 aliphatic carbocycles. The van der Waals surface area contributed by atoms with Crippen LogP contribution in [0.15, 0.2) is 42.5 Å². The van der Waals surface area contributed by atoms with Gasteiger partial charge in [-0.3, -0.25) is 9.59 Å². The van der Waals surface area contributed by atoms with Gasteiger partial charge < -0.3 is 19.1 Å². The monoisotopic (exact) mass is 431 g/mol. The van der Waals surface area contributed by atoms with Gasteiger partial charge >= 0.3 is 5.97 Å². The van der Waals surface area contributed by atoms with Crippen LogP contribution in [0.2, 0.25) is 0 Å². The Hall–Kier alpha value is -3.09. The Morgan fingerprint density at radius 3 is 2.10 bits per heavy atom. The molecule has 6 nitrogen and oxygen atoms in total. The first kappa shape index (κ1) is 24.2. The number of methoxy groups -OCH3 is 3. The fourth-order valence-corrected chi connectivity index (χ4v) is 3.28. The molecule has 2 aromatic rings. The molecule has 0 saturated carbocycles. The summed E-state index contributed by atoms with van der Waals surface area (Å²) in [6.07, 6.45) is 3.19. The van der Waals surface area contributed by atoms with E-state index in [1.54, 1.807) is 4.90 Å². The first-order valence-electron chi connectivity index (χ1n) is 10.3. The molecule has 0 aliphatic heterocycles. The number of ether oxygens (including phenoxy) is 3. The second kappa shape index (κ2) is 12.6. The van der Waals surface area contributed by atoms with Crippen LogP contribution in [0.1, 0.15) is 41.6 Å². The average molecular weight is 432 g/mol. The molecule has 0 aliphatic rings. The minimum atomic E-state index is -0.643. The molecule has 0 heterocycles. The number of hydrogen-bond donors (Lipinski definition) is 0. The lowest BCUT2D eigenvalue weighted by Crippen LogP contribution is -2.33. The maximum atomic E-state index is 14.2. The SMILES string of the molecule is COC(=O)CCCCN(CCCc1ccccc1)C(=O)c1cc(OC)c(F)c(OC)c1. The van der Waals surface area contributed by atoms with E-state index in [0.717, 1.165) is 12.8 Å². The first-order chi connectivity index (χ1) is 15.0. The van der Waals surface area contributed by atoms with Gasteiger partial charge in [0.1, 0.15) is 0 Å². The molecule has 0 unspecified atom stereocenters. The number of amides is 1. The molecule has 0 spiro atoms. The number of esters is 1. The zero-order valence-corrected chi connectivity index (χ0v) is 18.4. The maximum absolute atomic E-state index is 14.2. The lowest BCUT2D eigenvalue weighted by molar-refractivity contribution is -0.140. The third kappa shape index (κ3) is 7.27. The van der Waals surface area contributed by atoms with Crippen molar-refractivity contribution in [2.75, 3.05) is 34.4 Å². The fraction of sp³-hybridized carbons (Fsp3) is 0.417. The van der Waals surface area contributed by atoms with Gasteiger partial charge in [-0.15, -0.1) is 0 Å². The van der Waals surface area contributed by atoms with E-state index in [1.807, 2.05) is 18.2 Å². The maximum Gasteiger partial charge on any atom is 0.305 e. The van der Waals surface area contributed by atoms with Crippen molar-refractivity contribution >= 4 is 11.9 Å². The van der Waals surface area contributed by atoms with Crippen LogP contribution >= 0.6 is 0 Å². The third-order valence-corrected chi connectivity index (χ3v) is 5.00. The summed E-state index contributed by atoms with van der Waals surface area (Å²) in [5, 5.41) is 0. The van der Waals surface area contributed by atoms with E-state index in [-0.39, 0.29) is 23.4 Å². The summed E-state index contributed by atoms with van der Waals surface area (Å²) in [6, 6.07) is 12.8. The molecule has 2 rings (SSSR count). The van der Waals surface area contributed by atoms with Gasteiger partial charge in [-0.25, -0.2) is 0 Å². The van der Waals surface area contributed by atoms with Crippen molar-refractivity contribution in [3.63, 3.8) is 0 Å². The fourth-order valence-electron chi connectivity index (χ4n) is 3.28. The number of nitrogens with zero attached hydrogens (tertiary/aromatic N) is 1. The third-order valence-electron chi connectivity index (χ3n) is 5.00. The largest absolute Gasteiger partial charge is 0.494 e. The van der Waals surface area contributed by atoms with Crippen molar-refractivity contribution in [2.45, 2.75) is 32.1 Å². The molecule has 1 amide bonds. The first-order valence-corrected chi connectivity index (χ1v) is 10.3. The van der Waals surface area contributed by atoms with Crippen LogP contribution in [-0.2, 0) is 16.0 Å². The average Bonchev–Trinajstić information content (AvgIpc) is 2.80. The molecule has 0 bridgehead atoms. The molecule has 0 atom stereocenters. The Bertz CT molecular complexity index is 831. The molecule has 0 aromatic heterocycles. The standard InChI is InChI=1S/C24H30FNO5/c1-29-20-16-19(17-21(30-2)23(20)25)24(28)26(14-8-7-13-22(27)31-3)15-9-12-18-10-5-4-6-11-18/h4-6,10-11,16-17H,7-9,12-15H2,1-3H3. The molecular weight excluding hydrogens is 401 g/mol. The minimum Gasteiger partial charge on any atom is -0.494 e. The van der Waals surface area contributed by atoms with Gasteiger partial charge in [0.2, 0.25) is 5.82 Å². The molecule has 168 valence electrons. The number of hydrogen-bond acceptors (Lipinski definition) is 5. The summed E-state index contributed by atoms with van der Waals surface area (Å²) in [7, 11) is 4.05. The van der Waals surface area contributed by atoms with E-state index in [9.17, 15) is 14.0 Å². The highest BCUT2D eigenvalue weighted by Gasteiger charge is 2.20. The second-order valence-corrected chi connectivity index (χ2v) is 7.11. The predicted molar refractivity (Wildman–Crippen MR) is 116 cm³/mol. The smallest absolute Gasteiger partial charge is 0.305 e. The molecular formula is C24H30FNO5. The van der Waals surface area contributed by atoms with Crippen molar-refractivity contribution in [1.82, 2.24) is 4.90 Å². The van der Waals surface area contributed by atoms with Crippen molar-refractivity contribution in [2.24, 2.45) is 0 Å². The van der Waals surface area contributed by atoms with E-state index in [4.69, 9.17) is 9.47 Å². The van der Waals surface area contributed by atoms with Crippen LogP contribution < -0.4 is 9.47 Å². The summed E-state index contributed by atoms with van der Waals surface area (Å²) in [5.41, 5.74) is 1.49. The molecule has 0 radical (unpaired) electrons. The van der Waals surface area contributed by atoms with E-state index in [0.29, 0.717) is 37.9 Å². The van der Waals surface area contributed by atoms with E-state index >= 15 is 0 Å². The summed E-state index contributed by atoms with van der Waals surface area (Å²) < 4.78 is 29.0. The lowest BCUT2D eigenvalue weighted by Gasteiger charge is -2.23. The summed E-state index contributed by atoms with van der Waals surface area (Å²) >= 11 is 0. The van der Waals surface area contributed by atoms with Crippen LogP contribution in [0.25, 0.3) is 0 Å². The highest BCUT2D eigenvalue weighted by molar-refractivity contribution is 5.95. The molecule has 0 fully saturated rings. The lowest BCUT2D eigenvalue weighted by atomic mass is 10.1. The number of carbonyl (C=O) groups is 2. The molecule has 0 saturated heterocycles. The van der Waals surface area contributed by atoms with Gasteiger partial charge in [0, 0.05) is 25.1 Å². The molecule has 7 heteroatoms. The van der Waals surface area contributed by atoms with Crippen LogP contribution in [0.4, 0.5) is 4.39 Å². The minimum absolute atomic E-state index is 0.0439. The van der Waals surface area contributed by atoms with Crippen molar-refractivity contribution in [1.29, 1.82) is 0 Å². The number of rotatable bonds is 12. The number of halogens is 1. The van der Waals surface area contributed by atoms with Gasteiger partial charge in [0.15, 0.2) is 11.5 Å².